The van der Waals surface area contributed by atoms with Gasteiger partial charge in [0.2, 0.25) is 0 Å². The molecule has 0 fully saturated rings. The lowest BCUT2D eigenvalue weighted by Gasteiger charge is -2.20. The summed E-state index contributed by atoms with van der Waals surface area (Å²) in [4.78, 5) is 2.14. The first-order chi connectivity index (χ1) is 10.1. The molecule has 0 saturated heterocycles. The molecule has 0 atom stereocenters. The van der Waals surface area contributed by atoms with Gasteiger partial charge in [0.05, 0.1) is 11.6 Å². The van der Waals surface area contributed by atoms with Crippen LogP contribution in [0.1, 0.15) is 11.1 Å². The second kappa shape index (κ2) is 5.56. The molecular weight excluding hydrogens is 337 g/mol. The first kappa shape index (κ1) is 14.2. The molecule has 0 saturated carbocycles. The van der Waals surface area contributed by atoms with Crippen LogP contribution in [0.3, 0.4) is 0 Å². The van der Waals surface area contributed by atoms with Gasteiger partial charge in [-0.15, -0.1) is 0 Å². The van der Waals surface area contributed by atoms with Crippen molar-refractivity contribution in [3.05, 3.63) is 51.7 Å². The summed E-state index contributed by atoms with van der Waals surface area (Å²) in [6, 6.07) is 8.59. The third-order valence-corrected chi connectivity index (χ3v) is 4.33. The van der Waals surface area contributed by atoms with Crippen LogP contribution in [0.15, 0.2) is 34.8 Å². The van der Waals surface area contributed by atoms with Crippen molar-refractivity contribution in [1.29, 1.82) is 0 Å². The molecular formula is C16H15BrFNO2. The molecule has 21 heavy (non-hydrogen) atoms. The van der Waals surface area contributed by atoms with Gasteiger partial charge in [-0.1, -0.05) is 6.07 Å². The van der Waals surface area contributed by atoms with Crippen molar-refractivity contribution in [2.24, 2.45) is 0 Å². The van der Waals surface area contributed by atoms with Crippen LogP contribution in [-0.2, 0) is 13.0 Å². The Morgan fingerprint density at radius 1 is 1.33 bits per heavy atom. The maximum absolute atomic E-state index is 13.4. The Balaban J connectivity index is 1.89. The average Bonchev–Trinajstić information content (AvgIpc) is 2.85. The van der Waals surface area contributed by atoms with Crippen molar-refractivity contribution in [3.8, 4) is 11.5 Å². The number of fused-ring (bicyclic) bond motifs is 1. The number of rotatable bonds is 3. The molecule has 5 heteroatoms. The highest BCUT2D eigenvalue weighted by Gasteiger charge is 2.20. The van der Waals surface area contributed by atoms with Gasteiger partial charge < -0.3 is 14.7 Å². The van der Waals surface area contributed by atoms with Crippen molar-refractivity contribution in [2.75, 3.05) is 18.6 Å². The predicted octanol–water partition coefficient (Wildman–Crippen LogP) is 3.87. The number of ether oxygens (including phenoxy) is 1. The summed E-state index contributed by atoms with van der Waals surface area (Å²) >= 11 is 3.32. The number of hydrogen-bond donors (Lipinski definition) is 1. The van der Waals surface area contributed by atoms with Gasteiger partial charge in [0.1, 0.15) is 5.82 Å². The lowest BCUT2D eigenvalue weighted by atomic mass is 10.1. The lowest BCUT2D eigenvalue weighted by molar-refractivity contribution is 0.371. The number of phenolic OH excluding ortho intramolecular Hbond substituents is 1. The Bertz CT molecular complexity index is 690. The summed E-state index contributed by atoms with van der Waals surface area (Å²) in [5.41, 5.74) is 3.10. The second-order valence-corrected chi connectivity index (χ2v) is 5.93. The van der Waals surface area contributed by atoms with Crippen molar-refractivity contribution in [2.45, 2.75) is 13.0 Å². The molecule has 110 valence electrons. The highest BCUT2D eigenvalue weighted by Crippen LogP contribution is 2.37. The van der Waals surface area contributed by atoms with Crippen LogP contribution in [0, 0.1) is 5.82 Å². The molecule has 0 unspecified atom stereocenters. The highest BCUT2D eigenvalue weighted by molar-refractivity contribution is 9.10. The Labute approximate surface area is 131 Å². The Morgan fingerprint density at radius 2 is 2.14 bits per heavy atom. The monoisotopic (exact) mass is 351 g/mol. The van der Waals surface area contributed by atoms with Crippen LogP contribution >= 0.6 is 15.9 Å². The molecule has 2 aromatic carbocycles. The van der Waals surface area contributed by atoms with Crippen LogP contribution < -0.4 is 9.64 Å². The fourth-order valence-corrected chi connectivity index (χ4v) is 3.17. The molecule has 3 rings (SSSR count). The molecule has 1 N–H and O–H groups in total. The second-order valence-electron chi connectivity index (χ2n) is 5.07. The molecule has 1 heterocycles. The minimum absolute atomic E-state index is 0.0918. The van der Waals surface area contributed by atoms with Gasteiger partial charge in [-0.3, -0.25) is 0 Å². The Kier molecular flexibility index (Phi) is 3.76. The lowest BCUT2D eigenvalue weighted by Crippen LogP contribution is -2.19. The molecule has 1 aliphatic heterocycles. The van der Waals surface area contributed by atoms with Gasteiger partial charge in [-0.05, 0) is 57.7 Å². The fraction of sp³-hybridized carbons (Fsp3) is 0.250. The summed E-state index contributed by atoms with van der Waals surface area (Å²) in [5.74, 6) is 0.303. The van der Waals surface area contributed by atoms with Gasteiger partial charge in [-0.2, -0.15) is 0 Å². The summed E-state index contributed by atoms with van der Waals surface area (Å²) in [7, 11) is 1.52. The first-order valence-electron chi connectivity index (χ1n) is 6.67. The zero-order chi connectivity index (χ0) is 15.0. The van der Waals surface area contributed by atoms with Gasteiger partial charge in [-0.25, -0.2) is 4.39 Å². The van der Waals surface area contributed by atoms with Gasteiger partial charge in [0, 0.05) is 18.8 Å². The van der Waals surface area contributed by atoms with E-state index in [1.54, 1.807) is 12.1 Å². The largest absolute Gasteiger partial charge is 0.503 e. The number of halogens is 2. The van der Waals surface area contributed by atoms with Crippen LogP contribution in [0.5, 0.6) is 11.5 Å². The smallest absolute Gasteiger partial charge is 0.172 e. The van der Waals surface area contributed by atoms with Crippen molar-refractivity contribution >= 4 is 21.6 Å². The Hall–Kier alpha value is -1.75. The minimum atomic E-state index is -0.217. The maximum atomic E-state index is 13.4. The third kappa shape index (κ3) is 2.70. The van der Waals surface area contributed by atoms with E-state index < -0.39 is 0 Å². The molecule has 0 aromatic heterocycles. The van der Waals surface area contributed by atoms with Gasteiger partial charge in [0.25, 0.3) is 0 Å². The van der Waals surface area contributed by atoms with Crippen molar-refractivity contribution in [3.63, 3.8) is 0 Å². The number of anilines is 1. The highest BCUT2D eigenvalue weighted by atomic mass is 79.9. The van der Waals surface area contributed by atoms with Gasteiger partial charge >= 0.3 is 0 Å². The first-order valence-corrected chi connectivity index (χ1v) is 7.46. The number of methoxy groups -OCH3 is 1. The SMILES string of the molecule is COc1cc(CN2CCc3ccc(F)cc32)cc(Br)c1O. The number of nitrogens with zero attached hydrogens (tertiary/aromatic N) is 1. The minimum Gasteiger partial charge on any atom is -0.503 e. The standard InChI is InChI=1S/C16H15BrFNO2/c1-21-15-7-10(6-13(17)16(15)20)9-19-5-4-11-2-3-12(18)8-14(11)19/h2-3,6-8,20H,4-5,9H2,1H3. The summed E-state index contributed by atoms with van der Waals surface area (Å²) in [6.07, 6.45) is 0.923. The van der Waals surface area contributed by atoms with E-state index in [9.17, 15) is 9.50 Å². The summed E-state index contributed by atoms with van der Waals surface area (Å²) < 4.78 is 19.2. The summed E-state index contributed by atoms with van der Waals surface area (Å²) in [6.45, 7) is 1.51. The molecule has 0 radical (unpaired) electrons. The fourth-order valence-electron chi connectivity index (χ4n) is 2.68. The molecule has 1 aliphatic rings. The van der Waals surface area contributed by atoms with E-state index in [1.807, 2.05) is 12.1 Å². The van der Waals surface area contributed by atoms with Crippen LogP contribution in [-0.4, -0.2) is 18.8 Å². The topological polar surface area (TPSA) is 32.7 Å². The zero-order valence-electron chi connectivity index (χ0n) is 11.6. The predicted molar refractivity (Wildman–Crippen MR) is 83.5 cm³/mol. The Morgan fingerprint density at radius 3 is 2.90 bits per heavy atom. The maximum Gasteiger partial charge on any atom is 0.172 e. The average molecular weight is 352 g/mol. The van der Waals surface area contributed by atoms with Crippen LogP contribution in [0.25, 0.3) is 0 Å². The van der Waals surface area contributed by atoms with Crippen molar-refractivity contribution < 1.29 is 14.2 Å². The van der Waals surface area contributed by atoms with E-state index >= 15 is 0 Å². The number of phenols is 1. The van der Waals surface area contributed by atoms with E-state index in [0.29, 0.717) is 16.8 Å². The number of aromatic hydroxyl groups is 1. The third-order valence-electron chi connectivity index (χ3n) is 3.72. The molecule has 0 aliphatic carbocycles. The van der Waals surface area contributed by atoms with Crippen LogP contribution in [0.4, 0.5) is 10.1 Å². The van der Waals surface area contributed by atoms with Crippen LogP contribution in [0.2, 0.25) is 0 Å². The van der Waals surface area contributed by atoms with E-state index in [2.05, 4.69) is 20.8 Å². The van der Waals surface area contributed by atoms with E-state index in [-0.39, 0.29) is 11.6 Å². The summed E-state index contributed by atoms with van der Waals surface area (Å²) in [5, 5.41) is 9.84. The number of hydrogen-bond acceptors (Lipinski definition) is 3. The molecule has 3 nitrogen and oxygen atoms in total. The van der Waals surface area contributed by atoms with Crippen molar-refractivity contribution in [1.82, 2.24) is 0 Å². The van der Waals surface area contributed by atoms with E-state index in [0.717, 1.165) is 24.2 Å². The zero-order valence-corrected chi connectivity index (χ0v) is 13.2. The molecule has 0 bridgehead atoms. The quantitative estimate of drug-likeness (QED) is 0.911. The molecule has 0 amide bonds. The normalized spacial score (nSPS) is 13.4. The van der Waals surface area contributed by atoms with Gasteiger partial charge in [0.15, 0.2) is 11.5 Å². The number of benzene rings is 2. The molecule has 0 spiro atoms. The van der Waals surface area contributed by atoms with E-state index in [4.69, 9.17) is 4.74 Å². The molecule has 2 aromatic rings. The van der Waals surface area contributed by atoms with E-state index in [1.165, 1.54) is 18.7 Å².